The minimum atomic E-state index is 0.982. The largest absolute Gasteiger partial charge is 0.361 e. The van der Waals surface area contributed by atoms with E-state index < -0.39 is 0 Å². The van der Waals surface area contributed by atoms with Crippen LogP contribution >= 0.6 is 0 Å². The van der Waals surface area contributed by atoms with Crippen LogP contribution < -0.4 is 5.32 Å². The third-order valence-electron chi connectivity index (χ3n) is 5.14. The van der Waals surface area contributed by atoms with Gasteiger partial charge >= 0.3 is 0 Å². The van der Waals surface area contributed by atoms with Gasteiger partial charge in [0.15, 0.2) is 0 Å². The Morgan fingerprint density at radius 3 is 2.58 bits per heavy atom. The second kappa shape index (κ2) is 6.20. The Bertz CT molecular complexity index is 1120. The first-order valence-electron chi connectivity index (χ1n) is 9.01. The molecule has 0 aromatic heterocycles. The molecule has 3 aromatic rings. The first-order valence-corrected chi connectivity index (χ1v) is 9.01. The summed E-state index contributed by atoms with van der Waals surface area (Å²) < 4.78 is 0. The second-order valence-corrected chi connectivity index (χ2v) is 6.72. The third kappa shape index (κ3) is 2.49. The standard InChI is InChI=1S/C25H19N/c1-2-14-25(26-15-5-1)23-13-7-10-19-16-20(17-24(19)23)22-12-6-9-18-8-3-4-11-21(18)22/h1-15,17,26H,16H2. The normalized spacial score (nSPS) is 15.2. The molecule has 0 radical (unpaired) electrons. The second-order valence-electron chi connectivity index (χ2n) is 6.72. The number of hydrogen-bond donors (Lipinski definition) is 1. The summed E-state index contributed by atoms with van der Waals surface area (Å²) in [5.74, 6) is 0. The fourth-order valence-electron chi connectivity index (χ4n) is 3.91. The van der Waals surface area contributed by atoms with Crippen molar-refractivity contribution in [3.63, 3.8) is 0 Å². The Morgan fingerprint density at radius 1 is 0.731 bits per heavy atom. The van der Waals surface area contributed by atoms with Crippen molar-refractivity contribution < 1.29 is 0 Å². The lowest BCUT2D eigenvalue weighted by molar-refractivity contribution is 1.21. The van der Waals surface area contributed by atoms with Gasteiger partial charge in [0.25, 0.3) is 0 Å². The van der Waals surface area contributed by atoms with Gasteiger partial charge in [0.05, 0.1) is 0 Å². The lowest BCUT2D eigenvalue weighted by atomic mass is 9.97. The predicted molar refractivity (Wildman–Crippen MR) is 111 cm³/mol. The van der Waals surface area contributed by atoms with Crippen molar-refractivity contribution in [2.45, 2.75) is 6.42 Å². The molecule has 1 nitrogen and oxygen atoms in total. The monoisotopic (exact) mass is 333 g/mol. The molecule has 0 saturated heterocycles. The summed E-state index contributed by atoms with van der Waals surface area (Å²) in [5.41, 5.74) is 7.86. The van der Waals surface area contributed by atoms with Gasteiger partial charge in [0, 0.05) is 17.5 Å². The van der Waals surface area contributed by atoms with Crippen LogP contribution in [0.4, 0.5) is 0 Å². The smallest absolute Gasteiger partial charge is 0.0459 e. The van der Waals surface area contributed by atoms with Gasteiger partial charge in [-0.2, -0.15) is 0 Å². The highest BCUT2D eigenvalue weighted by atomic mass is 14.8. The van der Waals surface area contributed by atoms with Crippen LogP contribution in [0.1, 0.15) is 22.3 Å². The maximum Gasteiger partial charge on any atom is 0.0459 e. The maximum atomic E-state index is 3.40. The molecule has 0 unspecified atom stereocenters. The zero-order valence-corrected chi connectivity index (χ0v) is 14.4. The fourth-order valence-corrected chi connectivity index (χ4v) is 3.91. The van der Waals surface area contributed by atoms with E-state index in [1.54, 1.807) is 0 Å². The van der Waals surface area contributed by atoms with Gasteiger partial charge in [-0.05, 0) is 57.7 Å². The molecule has 124 valence electrons. The lowest BCUT2D eigenvalue weighted by Crippen LogP contribution is -2.04. The Balaban J connectivity index is 1.64. The molecule has 1 aliphatic heterocycles. The lowest BCUT2D eigenvalue weighted by Gasteiger charge is -2.11. The molecule has 2 aliphatic rings. The van der Waals surface area contributed by atoms with E-state index in [2.05, 4.69) is 84.2 Å². The molecule has 0 spiro atoms. The first-order chi connectivity index (χ1) is 12.9. The van der Waals surface area contributed by atoms with Crippen molar-refractivity contribution in [1.82, 2.24) is 5.32 Å². The van der Waals surface area contributed by atoms with Gasteiger partial charge in [0.2, 0.25) is 0 Å². The van der Waals surface area contributed by atoms with Crippen molar-refractivity contribution >= 4 is 28.1 Å². The van der Waals surface area contributed by atoms with E-state index in [1.165, 1.54) is 38.6 Å². The van der Waals surface area contributed by atoms with Gasteiger partial charge in [-0.1, -0.05) is 72.8 Å². The van der Waals surface area contributed by atoms with E-state index in [9.17, 15) is 0 Å². The van der Waals surface area contributed by atoms with Gasteiger partial charge in [-0.3, -0.25) is 0 Å². The molecular weight excluding hydrogens is 314 g/mol. The molecule has 0 saturated carbocycles. The van der Waals surface area contributed by atoms with E-state index in [0.717, 1.165) is 12.1 Å². The zero-order chi connectivity index (χ0) is 17.3. The number of rotatable bonds is 2. The first kappa shape index (κ1) is 15.0. The molecule has 26 heavy (non-hydrogen) atoms. The molecule has 5 rings (SSSR count). The molecule has 1 N–H and O–H groups in total. The van der Waals surface area contributed by atoms with E-state index in [4.69, 9.17) is 0 Å². The third-order valence-corrected chi connectivity index (χ3v) is 5.14. The molecular formula is C25H19N. The quantitative estimate of drug-likeness (QED) is 0.611. The van der Waals surface area contributed by atoms with Gasteiger partial charge in [-0.25, -0.2) is 0 Å². The minimum Gasteiger partial charge on any atom is -0.361 e. The van der Waals surface area contributed by atoms with Crippen molar-refractivity contribution in [3.05, 3.63) is 113 Å². The van der Waals surface area contributed by atoms with Gasteiger partial charge < -0.3 is 5.32 Å². The van der Waals surface area contributed by atoms with Crippen molar-refractivity contribution in [2.75, 3.05) is 0 Å². The Hall–Kier alpha value is -3.32. The highest BCUT2D eigenvalue weighted by Gasteiger charge is 2.19. The number of fused-ring (bicyclic) bond motifs is 2. The van der Waals surface area contributed by atoms with Crippen LogP contribution in [-0.2, 0) is 6.42 Å². The molecule has 1 heteroatoms. The van der Waals surface area contributed by atoms with Gasteiger partial charge in [0.1, 0.15) is 0 Å². The van der Waals surface area contributed by atoms with Gasteiger partial charge in [-0.15, -0.1) is 0 Å². The van der Waals surface area contributed by atoms with Crippen molar-refractivity contribution in [3.8, 4) is 0 Å². The molecule has 0 bridgehead atoms. The van der Waals surface area contributed by atoms with Crippen LogP contribution in [0.15, 0.2) is 91.2 Å². The average molecular weight is 333 g/mol. The Morgan fingerprint density at radius 2 is 1.58 bits per heavy atom. The van der Waals surface area contributed by atoms with Crippen molar-refractivity contribution in [2.24, 2.45) is 0 Å². The summed E-state index contributed by atoms with van der Waals surface area (Å²) in [6, 6.07) is 21.8. The molecule has 1 aliphatic carbocycles. The number of nitrogens with one attached hydrogen (secondary N) is 1. The summed E-state index contributed by atoms with van der Waals surface area (Å²) >= 11 is 0. The molecule has 1 heterocycles. The van der Waals surface area contributed by atoms with Crippen LogP contribution in [0.3, 0.4) is 0 Å². The predicted octanol–water partition coefficient (Wildman–Crippen LogP) is 5.95. The zero-order valence-electron chi connectivity index (χ0n) is 14.4. The number of allylic oxidation sites excluding steroid dienone is 5. The van der Waals surface area contributed by atoms with Crippen LogP contribution in [0.5, 0.6) is 0 Å². The summed E-state index contributed by atoms with van der Waals surface area (Å²) in [5, 5.41) is 6.02. The highest BCUT2D eigenvalue weighted by molar-refractivity contribution is 6.01. The van der Waals surface area contributed by atoms with Crippen LogP contribution in [-0.4, -0.2) is 0 Å². The summed E-state index contributed by atoms with van der Waals surface area (Å²) in [6.07, 6.45) is 13.6. The number of benzene rings is 3. The molecule has 3 aromatic carbocycles. The van der Waals surface area contributed by atoms with E-state index in [0.29, 0.717) is 0 Å². The fraction of sp³-hybridized carbons (Fsp3) is 0.0400. The van der Waals surface area contributed by atoms with E-state index >= 15 is 0 Å². The maximum absolute atomic E-state index is 3.40. The van der Waals surface area contributed by atoms with Crippen molar-refractivity contribution in [1.29, 1.82) is 0 Å². The Labute approximate surface area is 153 Å². The SMILES string of the molecule is C1=CC=C(c2cccc3c2C=C(c2cccc4ccccc24)C3)NC=C1. The summed E-state index contributed by atoms with van der Waals surface area (Å²) in [4.78, 5) is 0. The average Bonchev–Trinajstić information content (AvgIpc) is 2.94. The van der Waals surface area contributed by atoms with Crippen LogP contribution in [0.25, 0.3) is 28.1 Å². The topological polar surface area (TPSA) is 12.0 Å². The van der Waals surface area contributed by atoms with Crippen LogP contribution in [0, 0.1) is 0 Å². The highest BCUT2D eigenvalue weighted by Crippen LogP contribution is 2.37. The minimum absolute atomic E-state index is 0.982. The molecule has 0 fully saturated rings. The Kier molecular flexibility index (Phi) is 3.57. The summed E-state index contributed by atoms with van der Waals surface area (Å²) in [7, 11) is 0. The van der Waals surface area contributed by atoms with E-state index in [1.807, 2.05) is 18.4 Å². The molecule has 0 amide bonds. The number of hydrogen-bond acceptors (Lipinski definition) is 1. The summed E-state index contributed by atoms with van der Waals surface area (Å²) in [6.45, 7) is 0. The van der Waals surface area contributed by atoms with Crippen LogP contribution in [0.2, 0.25) is 0 Å². The molecule has 0 atom stereocenters. The van der Waals surface area contributed by atoms with E-state index in [-0.39, 0.29) is 0 Å².